The van der Waals surface area contributed by atoms with Crippen LogP contribution in [-0.4, -0.2) is 37.4 Å². The molecule has 3 aromatic rings. The summed E-state index contributed by atoms with van der Waals surface area (Å²) in [5, 5.41) is 13.1. The zero-order valence-electron chi connectivity index (χ0n) is 11.8. The Morgan fingerprint density at radius 2 is 2.10 bits per heavy atom. The molecule has 106 valence electrons. The molecule has 6 nitrogen and oxygen atoms in total. The highest BCUT2D eigenvalue weighted by molar-refractivity contribution is 5.56. The first-order valence-electron chi connectivity index (χ1n) is 7.23. The van der Waals surface area contributed by atoms with Gasteiger partial charge in [-0.15, -0.1) is 15.3 Å². The molecule has 1 fully saturated rings. The molecule has 6 heteroatoms. The molecule has 1 unspecified atom stereocenters. The second-order valence-electron chi connectivity index (χ2n) is 5.38. The summed E-state index contributed by atoms with van der Waals surface area (Å²) < 4.78 is 1.78. The molecule has 0 radical (unpaired) electrons. The van der Waals surface area contributed by atoms with Crippen LogP contribution in [0.2, 0.25) is 0 Å². The first kappa shape index (κ1) is 12.3. The Labute approximate surface area is 122 Å². The van der Waals surface area contributed by atoms with Gasteiger partial charge in [-0.3, -0.25) is 4.98 Å². The van der Waals surface area contributed by atoms with E-state index in [1.165, 1.54) is 12.8 Å². The van der Waals surface area contributed by atoms with Crippen LogP contribution in [0.5, 0.6) is 0 Å². The first-order chi connectivity index (χ1) is 10.3. The van der Waals surface area contributed by atoms with E-state index in [9.17, 15) is 0 Å². The monoisotopic (exact) mass is 280 g/mol. The van der Waals surface area contributed by atoms with Gasteiger partial charge in [-0.1, -0.05) is 6.07 Å². The molecular weight excluding hydrogens is 264 g/mol. The van der Waals surface area contributed by atoms with E-state index in [2.05, 4.69) is 27.0 Å². The third-order valence-electron chi connectivity index (χ3n) is 3.99. The lowest BCUT2D eigenvalue weighted by Crippen LogP contribution is -2.27. The van der Waals surface area contributed by atoms with Gasteiger partial charge < -0.3 is 4.90 Å². The van der Waals surface area contributed by atoms with Gasteiger partial charge in [-0.05, 0) is 44.0 Å². The van der Waals surface area contributed by atoms with E-state index in [-0.39, 0.29) is 0 Å². The maximum absolute atomic E-state index is 4.72. The van der Waals surface area contributed by atoms with Crippen molar-refractivity contribution >= 4 is 11.5 Å². The highest BCUT2D eigenvalue weighted by atomic mass is 15.4. The summed E-state index contributed by atoms with van der Waals surface area (Å²) in [7, 11) is 0. The maximum atomic E-state index is 4.72. The number of pyridine rings is 1. The van der Waals surface area contributed by atoms with Gasteiger partial charge in [0.25, 0.3) is 0 Å². The van der Waals surface area contributed by atoms with E-state index >= 15 is 0 Å². The average molecular weight is 280 g/mol. The zero-order chi connectivity index (χ0) is 14.2. The molecule has 0 aromatic carbocycles. The van der Waals surface area contributed by atoms with Gasteiger partial charge in [0.1, 0.15) is 11.5 Å². The van der Waals surface area contributed by atoms with Crippen molar-refractivity contribution in [2.75, 3.05) is 11.4 Å². The fourth-order valence-electron chi connectivity index (χ4n) is 2.86. The van der Waals surface area contributed by atoms with E-state index in [0.717, 1.165) is 23.7 Å². The summed E-state index contributed by atoms with van der Waals surface area (Å²) in [5.74, 6) is 1.66. The van der Waals surface area contributed by atoms with Crippen LogP contribution in [0.15, 0.2) is 36.5 Å². The minimum absolute atomic E-state index is 0.532. The zero-order valence-corrected chi connectivity index (χ0v) is 11.8. The number of rotatable bonds is 2. The third kappa shape index (κ3) is 2.03. The third-order valence-corrected chi connectivity index (χ3v) is 3.99. The SMILES string of the molecule is CC1CCCN1c1ccc2nnc(-c3ccccn3)n2n1. The van der Waals surface area contributed by atoms with Gasteiger partial charge in [-0.25, -0.2) is 0 Å². The predicted molar refractivity (Wildman–Crippen MR) is 80.1 cm³/mol. The van der Waals surface area contributed by atoms with Crippen LogP contribution in [0, 0.1) is 0 Å². The van der Waals surface area contributed by atoms with Gasteiger partial charge >= 0.3 is 0 Å². The summed E-state index contributed by atoms with van der Waals surface area (Å²) >= 11 is 0. The second-order valence-corrected chi connectivity index (χ2v) is 5.38. The lowest BCUT2D eigenvalue weighted by atomic mass is 10.2. The summed E-state index contributed by atoms with van der Waals surface area (Å²) in [6.07, 6.45) is 4.19. The molecule has 0 spiro atoms. The van der Waals surface area contributed by atoms with Crippen molar-refractivity contribution in [3.63, 3.8) is 0 Å². The lowest BCUT2D eigenvalue weighted by Gasteiger charge is -2.22. The topological polar surface area (TPSA) is 59.2 Å². The number of hydrogen-bond acceptors (Lipinski definition) is 5. The molecule has 0 amide bonds. The molecule has 1 aliphatic rings. The Morgan fingerprint density at radius 3 is 2.86 bits per heavy atom. The van der Waals surface area contributed by atoms with Crippen LogP contribution < -0.4 is 4.90 Å². The molecule has 0 aliphatic carbocycles. The summed E-state index contributed by atoms with van der Waals surface area (Å²) in [4.78, 5) is 6.67. The Bertz CT molecular complexity index is 766. The van der Waals surface area contributed by atoms with E-state index in [1.54, 1.807) is 10.7 Å². The maximum Gasteiger partial charge on any atom is 0.203 e. The summed E-state index contributed by atoms with van der Waals surface area (Å²) in [6.45, 7) is 3.30. The summed E-state index contributed by atoms with van der Waals surface area (Å²) in [5.41, 5.74) is 1.52. The number of fused-ring (bicyclic) bond motifs is 1. The molecule has 3 aromatic heterocycles. The van der Waals surface area contributed by atoms with Crippen LogP contribution in [0.25, 0.3) is 17.2 Å². The summed E-state index contributed by atoms with van der Waals surface area (Å²) in [6, 6.07) is 10.3. The van der Waals surface area contributed by atoms with E-state index in [4.69, 9.17) is 5.10 Å². The second kappa shape index (κ2) is 4.80. The number of aromatic nitrogens is 5. The van der Waals surface area contributed by atoms with Crippen LogP contribution in [-0.2, 0) is 0 Å². The Morgan fingerprint density at radius 1 is 1.14 bits per heavy atom. The van der Waals surface area contributed by atoms with Crippen molar-refractivity contribution in [1.29, 1.82) is 0 Å². The van der Waals surface area contributed by atoms with E-state index in [0.29, 0.717) is 11.9 Å². The normalized spacial score (nSPS) is 18.5. The number of nitrogens with zero attached hydrogens (tertiary/aromatic N) is 6. The van der Waals surface area contributed by atoms with Crippen molar-refractivity contribution < 1.29 is 0 Å². The van der Waals surface area contributed by atoms with Crippen molar-refractivity contribution in [3.05, 3.63) is 36.5 Å². The van der Waals surface area contributed by atoms with Gasteiger partial charge in [0.2, 0.25) is 5.82 Å². The van der Waals surface area contributed by atoms with Gasteiger partial charge in [0, 0.05) is 18.8 Å². The van der Waals surface area contributed by atoms with E-state index < -0.39 is 0 Å². The highest BCUT2D eigenvalue weighted by Crippen LogP contribution is 2.24. The fraction of sp³-hybridized carbons (Fsp3) is 0.333. The Hall–Kier alpha value is -2.50. The quantitative estimate of drug-likeness (QED) is 0.720. The smallest absolute Gasteiger partial charge is 0.203 e. The molecule has 4 rings (SSSR count). The largest absolute Gasteiger partial charge is 0.352 e. The first-order valence-corrected chi connectivity index (χ1v) is 7.23. The van der Waals surface area contributed by atoms with Crippen LogP contribution in [0.3, 0.4) is 0 Å². The van der Waals surface area contributed by atoms with Crippen molar-refractivity contribution in [2.45, 2.75) is 25.8 Å². The van der Waals surface area contributed by atoms with Gasteiger partial charge in [0.05, 0.1) is 0 Å². The van der Waals surface area contributed by atoms with Crippen LogP contribution in [0.4, 0.5) is 5.82 Å². The number of hydrogen-bond donors (Lipinski definition) is 0. The Kier molecular flexibility index (Phi) is 2.80. The molecule has 0 bridgehead atoms. The van der Waals surface area contributed by atoms with Gasteiger partial charge in [0.15, 0.2) is 5.65 Å². The van der Waals surface area contributed by atoms with Gasteiger partial charge in [-0.2, -0.15) is 4.52 Å². The molecular formula is C15H16N6. The molecule has 1 aliphatic heterocycles. The Balaban J connectivity index is 1.83. The van der Waals surface area contributed by atoms with Crippen molar-refractivity contribution in [2.24, 2.45) is 0 Å². The molecule has 0 saturated carbocycles. The number of anilines is 1. The molecule has 0 N–H and O–H groups in total. The standard InChI is InChI=1S/C15H16N6/c1-11-5-4-10-20(11)14-8-7-13-17-18-15(21(13)19-14)12-6-2-3-9-16-12/h2-3,6-9,11H,4-5,10H2,1H3. The fourth-order valence-corrected chi connectivity index (χ4v) is 2.86. The van der Waals surface area contributed by atoms with Crippen LogP contribution in [0.1, 0.15) is 19.8 Å². The lowest BCUT2D eigenvalue weighted by molar-refractivity contribution is 0.717. The van der Waals surface area contributed by atoms with Crippen molar-refractivity contribution in [3.8, 4) is 11.5 Å². The molecule has 1 atom stereocenters. The minimum Gasteiger partial charge on any atom is -0.352 e. The average Bonchev–Trinajstić information content (AvgIpc) is 3.13. The van der Waals surface area contributed by atoms with Crippen LogP contribution >= 0.6 is 0 Å². The van der Waals surface area contributed by atoms with Crippen molar-refractivity contribution in [1.82, 2.24) is 24.8 Å². The minimum atomic E-state index is 0.532. The van der Waals surface area contributed by atoms with E-state index in [1.807, 2.05) is 30.3 Å². The predicted octanol–water partition coefficient (Wildman–Crippen LogP) is 2.17. The highest BCUT2D eigenvalue weighted by Gasteiger charge is 2.22. The molecule has 21 heavy (non-hydrogen) atoms. The molecule has 4 heterocycles. The molecule has 1 saturated heterocycles.